The van der Waals surface area contributed by atoms with Gasteiger partial charge in [0.05, 0.1) is 6.04 Å². The molecule has 0 aliphatic carbocycles. The molecule has 0 aliphatic rings. The number of fused-ring (bicyclic) bond motifs is 1. The molecule has 0 saturated heterocycles. The lowest BCUT2D eigenvalue weighted by Gasteiger charge is -2.15. The zero-order chi connectivity index (χ0) is 14.1. The summed E-state index contributed by atoms with van der Waals surface area (Å²) in [5.74, 6) is 0.591. The van der Waals surface area contributed by atoms with Gasteiger partial charge >= 0.3 is 0 Å². The topological polar surface area (TPSA) is 25.2 Å². The molecule has 0 saturated carbocycles. The lowest BCUT2D eigenvalue weighted by Crippen LogP contribution is -2.17. The van der Waals surface area contributed by atoms with Crippen molar-refractivity contribution >= 4 is 11.0 Å². The van der Waals surface area contributed by atoms with Crippen LogP contribution in [0.1, 0.15) is 22.9 Å². The standard InChI is InChI=1S/C17H16FNO/c1-11-14-10-13(18)8-9-15(14)20-17(11)16(19-2)12-6-4-3-5-7-12/h3-10,16,19H,1-2H3. The molecule has 1 unspecified atom stereocenters. The predicted octanol–water partition coefficient (Wildman–Crippen LogP) is 4.19. The first-order valence-corrected chi connectivity index (χ1v) is 6.61. The van der Waals surface area contributed by atoms with Crippen LogP contribution in [0.25, 0.3) is 11.0 Å². The second kappa shape index (κ2) is 5.10. The van der Waals surface area contributed by atoms with Gasteiger partial charge in [0.1, 0.15) is 17.2 Å². The molecule has 3 rings (SSSR count). The third-order valence-corrected chi connectivity index (χ3v) is 3.62. The van der Waals surface area contributed by atoms with Crippen LogP contribution in [0.4, 0.5) is 4.39 Å². The molecule has 1 N–H and O–H groups in total. The van der Waals surface area contributed by atoms with Gasteiger partial charge in [0.25, 0.3) is 0 Å². The molecule has 1 aromatic heterocycles. The van der Waals surface area contributed by atoms with Crippen LogP contribution < -0.4 is 5.32 Å². The first kappa shape index (κ1) is 12.9. The van der Waals surface area contributed by atoms with Crippen molar-refractivity contribution in [3.05, 3.63) is 71.2 Å². The summed E-state index contributed by atoms with van der Waals surface area (Å²) in [4.78, 5) is 0. The molecule has 0 bridgehead atoms. The fourth-order valence-corrected chi connectivity index (χ4v) is 2.58. The van der Waals surface area contributed by atoms with Crippen molar-refractivity contribution in [2.24, 2.45) is 0 Å². The average Bonchev–Trinajstić information content (AvgIpc) is 2.78. The van der Waals surface area contributed by atoms with Crippen molar-refractivity contribution in [1.82, 2.24) is 5.32 Å². The Morgan fingerprint density at radius 2 is 1.85 bits per heavy atom. The van der Waals surface area contributed by atoms with Gasteiger partial charge in [-0.1, -0.05) is 30.3 Å². The van der Waals surface area contributed by atoms with Gasteiger partial charge in [-0.15, -0.1) is 0 Å². The van der Waals surface area contributed by atoms with E-state index in [1.54, 1.807) is 6.07 Å². The second-order valence-electron chi connectivity index (χ2n) is 4.86. The van der Waals surface area contributed by atoms with Gasteiger partial charge in [0.15, 0.2) is 0 Å². The number of furan rings is 1. The summed E-state index contributed by atoms with van der Waals surface area (Å²) >= 11 is 0. The van der Waals surface area contributed by atoms with Crippen LogP contribution >= 0.6 is 0 Å². The van der Waals surface area contributed by atoms with E-state index in [1.165, 1.54) is 12.1 Å². The Hall–Kier alpha value is -2.13. The quantitative estimate of drug-likeness (QED) is 0.771. The molecule has 3 heteroatoms. The maximum absolute atomic E-state index is 13.4. The number of halogens is 1. The molecule has 3 aromatic rings. The van der Waals surface area contributed by atoms with Crippen LogP contribution in [0.5, 0.6) is 0 Å². The van der Waals surface area contributed by atoms with Crippen LogP contribution in [0.2, 0.25) is 0 Å². The SMILES string of the molecule is CNC(c1ccccc1)c1oc2ccc(F)cc2c1C. The van der Waals surface area contributed by atoms with Gasteiger partial charge < -0.3 is 9.73 Å². The molecule has 0 aliphatic heterocycles. The highest BCUT2D eigenvalue weighted by atomic mass is 19.1. The van der Waals surface area contributed by atoms with E-state index in [9.17, 15) is 4.39 Å². The largest absolute Gasteiger partial charge is 0.459 e. The van der Waals surface area contributed by atoms with Gasteiger partial charge in [-0.2, -0.15) is 0 Å². The van der Waals surface area contributed by atoms with Gasteiger partial charge in [-0.05, 0) is 37.7 Å². The smallest absolute Gasteiger partial charge is 0.134 e. The number of aryl methyl sites for hydroxylation is 1. The van der Waals surface area contributed by atoms with Crippen molar-refractivity contribution in [3.63, 3.8) is 0 Å². The van der Waals surface area contributed by atoms with Crippen LogP contribution in [-0.2, 0) is 0 Å². The number of nitrogens with one attached hydrogen (secondary N) is 1. The number of hydrogen-bond acceptors (Lipinski definition) is 2. The molecule has 1 atom stereocenters. The minimum atomic E-state index is -0.242. The molecule has 0 radical (unpaired) electrons. The zero-order valence-electron chi connectivity index (χ0n) is 11.5. The highest BCUT2D eigenvalue weighted by Crippen LogP contribution is 2.32. The molecule has 0 spiro atoms. The molecule has 2 nitrogen and oxygen atoms in total. The number of rotatable bonds is 3. The molecule has 0 amide bonds. The van der Waals surface area contributed by atoms with E-state index in [0.717, 1.165) is 27.9 Å². The van der Waals surface area contributed by atoms with Crippen molar-refractivity contribution in [1.29, 1.82) is 0 Å². The van der Waals surface area contributed by atoms with E-state index in [4.69, 9.17) is 4.42 Å². The summed E-state index contributed by atoms with van der Waals surface area (Å²) in [6, 6.07) is 14.7. The third-order valence-electron chi connectivity index (χ3n) is 3.62. The summed E-state index contributed by atoms with van der Waals surface area (Å²) in [5, 5.41) is 4.09. The molecule has 102 valence electrons. The Bertz CT molecular complexity index is 733. The minimum absolute atomic E-state index is 0.0355. The van der Waals surface area contributed by atoms with Crippen LogP contribution in [0.3, 0.4) is 0 Å². The third kappa shape index (κ3) is 2.10. The highest BCUT2D eigenvalue weighted by molar-refractivity contribution is 5.82. The van der Waals surface area contributed by atoms with Gasteiger partial charge in [0, 0.05) is 10.9 Å². The normalized spacial score (nSPS) is 12.8. The van der Waals surface area contributed by atoms with E-state index in [1.807, 2.05) is 44.3 Å². The average molecular weight is 269 g/mol. The van der Waals surface area contributed by atoms with E-state index in [0.29, 0.717) is 0 Å². The predicted molar refractivity (Wildman–Crippen MR) is 78.3 cm³/mol. The fraction of sp³-hybridized carbons (Fsp3) is 0.176. The summed E-state index contributed by atoms with van der Waals surface area (Å²) in [5.41, 5.74) is 2.82. The van der Waals surface area contributed by atoms with E-state index < -0.39 is 0 Å². The van der Waals surface area contributed by atoms with Crippen molar-refractivity contribution < 1.29 is 8.81 Å². The Labute approximate surface area is 117 Å². The minimum Gasteiger partial charge on any atom is -0.459 e. The van der Waals surface area contributed by atoms with E-state index >= 15 is 0 Å². The Morgan fingerprint density at radius 1 is 1.10 bits per heavy atom. The van der Waals surface area contributed by atoms with Gasteiger partial charge in [-0.25, -0.2) is 4.39 Å². The monoisotopic (exact) mass is 269 g/mol. The first-order chi connectivity index (χ1) is 9.70. The van der Waals surface area contributed by atoms with Crippen LogP contribution in [-0.4, -0.2) is 7.05 Å². The Balaban J connectivity index is 2.15. The highest BCUT2D eigenvalue weighted by Gasteiger charge is 2.20. The summed E-state index contributed by atoms with van der Waals surface area (Å²) in [6.45, 7) is 1.97. The summed E-state index contributed by atoms with van der Waals surface area (Å²) in [6.07, 6.45) is 0. The molecule has 0 fully saturated rings. The second-order valence-corrected chi connectivity index (χ2v) is 4.86. The van der Waals surface area contributed by atoms with Crippen LogP contribution in [0.15, 0.2) is 52.9 Å². The van der Waals surface area contributed by atoms with Crippen molar-refractivity contribution in [2.45, 2.75) is 13.0 Å². The summed E-state index contributed by atoms with van der Waals surface area (Å²) in [7, 11) is 1.89. The van der Waals surface area contributed by atoms with E-state index in [2.05, 4.69) is 5.32 Å². The molecule has 1 heterocycles. The van der Waals surface area contributed by atoms with Gasteiger partial charge in [-0.3, -0.25) is 0 Å². The van der Waals surface area contributed by atoms with E-state index in [-0.39, 0.29) is 11.9 Å². The molecular formula is C17H16FNO. The Morgan fingerprint density at radius 3 is 2.55 bits per heavy atom. The molecule has 20 heavy (non-hydrogen) atoms. The van der Waals surface area contributed by atoms with Crippen molar-refractivity contribution in [3.8, 4) is 0 Å². The van der Waals surface area contributed by atoms with Crippen molar-refractivity contribution in [2.75, 3.05) is 7.05 Å². The summed E-state index contributed by atoms with van der Waals surface area (Å²) < 4.78 is 19.3. The maximum Gasteiger partial charge on any atom is 0.134 e. The molecular weight excluding hydrogens is 253 g/mol. The lowest BCUT2D eigenvalue weighted by molar-refractivity contribution is 0.487. The van der Waals surface area contributed by atoms with Crippen LogP contribution in [0, 0.1) is 12.7 Å². The first-order valence-electron chi connectivity index (χ1n) is 6.61. The maximum atomic E-state index is 13.4. The zero-order valence-corrected chi connectivity index (χ0v) is 11.5. The fourth-order valence-electron chi connectivity index (χ4n) is 2.58. The number of hydrogen-bond donors (Lipinski definition) is 1. The number of benzene rings is 2. The Kier molecular flexibility index (Phi) is 3.28. The lowest BCUT2D eigenvalue weighted by atomic mass is 10.0. The van der Waals surface area contributed by atoms with Gasteiger partial charge in [0.2, 0.25) is 0 Å². The molecule has 2 aromatic carbocycles.